The molecule has 1 saturated heterocycles. The van der Waals surface area contributed by atoms with Crippen molar-refractivity contribution >= 4 is 0 Å². The Morgan fingerprint density at radius 2 is 1.70 bits per heavy atom. The molecule has 4 fully saturated rings. The molecule has 4 aliphatic carbocycles. The van der Waals surface area contributed by atoms with E-state index in [1.54, 1.807) is 0 Å². The van der Waals surface area contributed by atoms with Crippen LogP contribution >= 0.6 is 0 Å². The lowest BCUT2D eigenvalue weighted by molar-refractivity contribution is -0.313. The number of hydrogen-bond donors (Lipinski definition) is 4. The number of aliphatic hydroxyl groups is 4. The number of aliphatic hydroxyl groups excluding tert-OH is 4. The maximum Gasteiger partial charge on any atom is 0.186 e. The Morgan fingerprint density at radius 1 is 0.950 bits per heavy atom. The molecule has 14 atom stereocenters. The second kappa shape index (κ2) is 11.7. The van der Waals surface area contributed by atoms with Crippen LogP contribution in [-0.4, -0.2) is 63.8 Å². The molecule has 0 aromatic heterocycles. The lowest BCUT2D eigenvalue weighted by Gasteiger charge is -2.58. The topological polar surface area (TPSA) is 99.4 Å². The number of ether oxygens (including phenoxy) is 2. The zero-order valence-corrected chi connectivity index (χ0v) is 25.7. The van der Waals surface area contributed by atoms with Gasteiger partial charge in [-0.3, -0.25) is 0 Å². The Bertz CT molecular complexity index is 945. The predicted molar refractivity (Wildman–Crippen MR) is 156 cm³/mol. The van der Waals surface area contributed by atoms with Crippen LogP contribution in [0.3, 0.4) is 0 Å². The molecule has 0 spiro atoms. The molecule has 4 N–H and O–H groups in total. The van der Waals surface area contributed by atoms with Crippen LogP contribution in [0.1, 0.15) is 92.9 Å². The van der Waals surface area contributed by atoms with Gasteiger partial charge >= 0.3 is 0 Å². The maximum atomic E-state index is 10.5. The zero-order valence-electron chi connectivity index (χ0n) is 25.7. The highest BCUT2D eigenvalue weighted by Gasteiger charge is 2.59. The molecule has 6 nitrogen and oxygen atoms in total. The van der Waals surface area contributed by atoms with E-state index in [0.717, 1.165) is 43.4 Å². The molecule has 0 amide bonds. The van der Waals surface area contributed by atoms with Crippen molar-refractivity contribution in [1.29, 1.82) is 0 Å². The minimum Gasteiger partial charge on any atom is -0.394 e. The molecular weight excluding hydrogens is 504 g/mol. The number of rotatable bonds is 7. The number of hydrogen-bond acceptors (Lipinski definition) is 6. The second-order valence-electron chi connectivity index (χ2n) is 15.0. The van der Waals surface area contributed by atoms with Crippen LogP contribution in [0.15, 0.2) is 23.8 Å². The molecule has 40 heavy (non-hydrogen) atoms. The minimum absolute atomic E-state index is 0.108. The third kappa shape index (κ3) is 5.28. The lowest BCUT2D eigenvalue weighted by atomic mass is 9.47. The van der Waals surface area contributed by atoms with Crippen molar-refractivity contribution in [1.82, 2.24) is 0 Å². The van der Waals surface area contributed by atoms with Crippen LogP contribution in [0.4, 0.5) is 0 Å². The summed E-state index contributed by atoms with van der Waals surface area (Å²) in [5.41, 5.74) is 2.11. The monoisotopic (exact) mass is 560 g/mol. The summed E-state index contributed by atoms with van der Waals surface area (Å²) >= 11 is 0. The highest BCUT2D eigenvalue weighted by Crippen LogP contribution is 2.67. The van der Waals surface area contributed by atoms with Crippen LogP contribution in [0.25, 0.3) is 0 Å². The van der Waals surface area contributed by atoms with Crippen molar-refractivity contribution in [3.05, 3.63) is 23.8 Å². The Morgan fingerprint density at radius 3 is 2.40 bits per heavy atom. The molecule has 0 aromatic carbocycles. The second-order valence-corrected chi connectivity index (χ2v) is 15.0. The van der Waals surface area contributed by atoms with E-state index >= 15 is 0 Å². The standard InChI is InChI=1S/C34H56O6/c1-19(2)20(3)7-8-21(4)25-11-12-26-24-10-9-22-17-23(13-15-33(22,5)27(24)14-16-34(25,26)6)39-32-31(38)30(37)29(36)28(18-35)40-32/h7-9,19-21,23-32,35-38H,10-18H2,1-6H3/b8-7+/t20-,21+,23-,24?,25?,26?,27?,28+,29+,30-,31+,32+,33-,34+/m0/s1. The summed E-state index contributed by atoms with van der Waals surface area (Å²) in [5.74, 6) is 4.99. The summed E-state index contributed by atoms with van der Waals surface area (Å²) in [4.78, 5) is 0. The van der Waals surface area contributed by atoms with Gasteiger partial charge in [0.25, 0.3) is 0 Å². The van der Waals surface area contributed by atoms with Gasteiger partial charge in [0, 0.05) is 0 Å². The molecule has 6 heteroatoms. The minimum atomic E-state index is -1.40. The summed E-state index contributed by atoms with van der Waals surface area (Å²) in [7, 11) is 0. The van der Waals surface area contributed by atoms with Gasteiger partial charge < -0.3 is 29.9 Å². The summed E-state index contributed by atoms with van der Waals surface area (Å²) in [6.07, 6.45) is 10.6. The van der Waals surface area contributed by atoms with Crippen molar-refractivity contribution in [3.63, 3.8) is 0 Å². The summed E-state index contributed by atoms with van der Waals surface area (Å²) in [5, 5.41) is 40.3. The van der Waals surface area contributed by atoms with Gasteiger partial charge in [0.15, 0.2) is 6.29 Å². The van der Waals surface area contributed by atoms with Crippen molar-refractivity contribution in [2.24, 2.45) is 52.3 Å². The van der Waals surface area contributed by atoms with Gasteiger partial charge in [-0.2, -0.15) is 0 Å². The first-order valence-electron chi connectivity index (χ1n) is 16.2. The molecule has 1 aliphatic heterocycles. The molecular formula is C34H56O6. The van der Waals surface area contributed by atoms with E-state index in [4.69, 9.17) is 9.47 Å². The average Bonchev–Trinajstić information content (AvgIpc) is 3.29. The molecule has 3 saturated carbocycles. The van der Waals surface area contributed by atoms with Gasteiger partial charge in [-0.25, -0.2) is 0 Å². The molecule has 4 unspecified atom stereocenters. The van der Waals surface area contributed by atoms with Crippen LogP contribution < -0.4 is 0 Å². The van der Waals surface area contributed by atoms with Gasteiger partial charge in [-0.1, -0.05) is 65.3 Å². The van der Waals surface area contributed by atoms with Crippen LogP contribution in [0, 0.1) is 52.3 Å². The fourth-order valence-corrected chi connectivity index (χ4v) is 9.72. The Balaban J connectivity index is 1.26. The first-order chi connectivity index (χ1) is 18.9. The van der Waals surface area contributed by atoms with Crippen molar-refractivity contribution in [2.75, 3.05) is 6.61 Å². The maximum absolute atomic E-state index is 10.5. The van der Waals surface area contributed by atoms with E-state index < -0.39 is 37.3 Å². The fourth-order valence-electron chi connectivity index (χ4n) is 9.72. The quantitative estimate of drug-likeness (QED) is 0.318. The van der Waals surface area contributed by atoms with Gasteiger partial charge in [-0.15, -0.1) is 0 Å². The Labute approximate surface area is 242 Å². The van der Waals surface area contributed by atoms with Crippen molar-refractivity contribution in [3.8, 4) is 0 Å². The zero-order chi connectivity index (χ0) is 29.0. The van der Waals surface area contributed by atoms with Crippen molar-refractivity contribution in [2.45, 2.75) is 130 Å². The SMILES string of the molecule is CC(C)[C@@H](C)/C=C/[C@@H](C)C1CCC2C3CC=C4C[C@@H](O[C@@H]5O[C@H](CO)[C@@H](O)[C@H](O)[C@H]5O)CC[C@]4(C)C3CC[C@@]21C. The summed E-state index contributed by atoms with van der Waals surface area (Å²) < 4.78 is 11.9. The lowest BCUT2D eigenvalue weighted by Crippen LogP contribution is -2.60. The third-order valence-electron chi connectivity index (χ3n) is 12.7. The predicted octanol–water partition coefficient (Wildman–Crippen LogP) is 5.23. The summed E-state index contributed by atoms with van der Waals surface area (Å²) in [6, 6.07) is 0. The molecule has 228 valence electrons. The smallest absolute Gasteiger partial charge is 0.186 e. The van der Waals surface area contributed by atoms with Gasteiger partial charge in [-0.05, 0) is 104 Å². The van der Waals surface area contributed by atoms with E-state index in [9.17, 15) is 20.4 Å². The largest absolute Gasteiger partial charge is 0.394 e. The summed E-state index contributed by atoms with van der Waals surface area (Å²) in [6.45, 7) is 14.1. The van der Waals surface area contributed by atoms with E-state index in [0.29, 0.717) is 29.1 Å². The van der Waals surface area contributed by atoms with E-state index in [1.807, 2.05) is 0 Å². The van der Waals surface area contributed by atoms with E-state index in [2.05, 4.69) is 59.8 Å². The van der Waals surface area contributed by atoms with Crippen LogP contribution in [0.2, 0.25) is 0 Å². The average molecular weight is 561 g/mol. The Hall–Kier alpha value is -0.760. The van der Waals surface area contributed by atoms with Crippen molar-refractivity contribution < 1.29 is 29.9 Å². The molecule has 0 bridgehead atoms. The van der Waals surface area contributed by atoms with Gasteiger partial charge in [0.2, 0.25) is 0 Å². The Kier molecular flexibility index (Phi) is 9.00. The van der Waals surface area contributed by atoms with E-state index in [-0.39, 0.29) is 11.5 Å². The molecule has 0 aromatic rings. The highest BCUT2D eigenvalue weighted by atomic mass is 16.7. The third-order valence-corrected chi connectivity index (χ3v) is 12.7. The fraction of sp³-hybridized carbons (Fsp3) is 0.882. The van der Waals surface area contributed by atoms with Gasteiger partial charge in [0.05, 0.1) is 12.7 Å². The number of allylic oxidation sites excluding steroid dienone is 3. The molecule has 5 aliphatic rings. The molecule has 0 radical (unpaired) electrons. The number of fused-ring (bicyclic) bond motifs is 5. The first kappa shape index (κ1) is 30.7. The normalized spacial score (nSPS) is 48.8. The highest BCUT2D eigenvalue weighted by molar-refractivity contribution is 5.25. The first-order valence-corrected chi connectivity index (χ1v) is 16.2. The molecule has 1 heterocycles. The van der Waals surface area contributed by atoms with Gasteiger partial charge in [0.1, 0.15) is 24.4 Å². The van der Waals surface area contributed by atoms with E-state index in [1.165, 1.54) is 31.3 Å². The van der Waals surface area contributed by atoms with Crippen LogP contribution in [-0.2, 0) is 9.47 Å². The van der Waals surface area contributed by atoms with Crippen LogP contribution in [0.5, 0.6) is 0 Å². The molecule has 5 rings (SSSR count).